The number of halogens is 1. The highest BCUT2D eigenvalue weighted by Gasteiger charge is 2.12. The van der Waals surface area contributed by atoms with Gasteiger partial charge in [-0.25, -0.2) is 5.43 Å². The van der Waals surface area contributed by atoms with Crippen LogP contribution in [0.25, 0.3) is 0 Å². The molecule has 0 spiro atoms. The summed E-state index contributed by atoms with van der Waals surface area (Å²) in [5.74, 6) is -1.69. The maximum Gasteiger partial charge on any atom is 0.329 e. The number of hydrogen-bond acceptors (Lipinski definition) is 4. The SMILES string of the molecule is O=C(N/N=C/c1cccnc1)C(=O)Nc1ccc(Cl)cc1. The molecule has 0 atom stereocenters. The van der Waals surface area contributed by atoms with E-state index in [1.807, 2.05) is 0 Å². The molecule has 0 saturated heterocycles. The molecule has 0 radical (unpaired) electrons. The van der Waals surface area contributed by atoms with Gasteiger partial charge >= 0.3 is 11.8 Å². The molecule has 106 valence electrons. The number of carbonyl (C=O) groups excluding carboxylic acids is 2. The van der Waals surface area contributed by atoms with E-state index in [-0.39, 0.29) is 0 Å². The number of hydrogen-bond donors (Lipinski definition) is 2. The first-order valence-electron chi connectivity index (χ1n) is 5.95. The normalized spacial score (nSPS) is 10.3. The lowest BCUT2D eigenvalue weighted by molar-refractivity contribution is -0.136. The lowest BCUT2D eigenvalue weighted by atomic mass is 10.3. The Kier molecular flexibility index (Phi) is 5.00. The van der Waals surface area contributed by atoms with Gasteiger partial charge in [0, 0.05) is 28.7 Å². The highest BCUT2D eigenvalue weighted by molar-refractivity contribution is 6.39. The maximum atomic E-state index is 11.6. The van der Waals surface area contributed by atoms with E-state index in [9.17, 15) is 9.59 Å². The van der Waals surface area contributed by atoms with Crippen molar-refractivity contribution in [1.29, 1.82) is 0 Å². The van der Waals surface area contributed by atoms with Crippen LogP contribution < -0.4 is 10.7 Å². The van der Waals surface area contributed by atoms with Gasteiger partial charge in [-0.3, -0.25) is 14.6 Å². The van der Waals surface area contributed by atoms with Gasteiger partial charge in [0.25, 0.3) is 0 Å². The van der Waals surface area contributed by atoms with E-state index in [1.54, 1.807) is 48.8 Å². The lowest BCUT2D eigenvalue weighted by Gasteiger charge is -2.03. The van der Waals surface area contributed by atoms with Crippen LogP contribution in [0.3, 0.4) is 0 Å². The first-order valence-corrected chi connectivity index (χ1v) is 6.33. The number of nitrogens with one attached hydrogen (secondary N) is 2. The van der Waals surface area contributed by atoms with Crippen molar-refractivity contribution in [2.75, 3.05) is 5.32 Å². The Morgan fingerprint density at radius 1 is 1.14 bits per heavy atom. The van der Waals surface area contributed by atoms with Crippen LogP contribution in [0, 0.1) is 0 Å². The molecule has 2 N–H and O–H groups in total. The molecule has 0 aliphatic rings. The molecular formula is C14H11ClN4O2. The number of rotatable bonds is 3. The molecule has 2 amide bonds. The van der Waals surface area contributed by atoms with E-state index in [4.69, 9.17) is 11.6 Å². The van der Waals surface area contributed by atoms with Crippen LogP contribution in [0.4, 0.5) is 5.69 Å². The quantitative estimate of drug-likeness (QED) is 0.515. The summed E-state index contributed by atoms with van der Waals surface area (Å²) >= 11 is 5.72. The Balaban J connectivity index is 1.87. The van der Waals surface area contributed by atoms with Crippen molar-refractivity contribution in [3.8, 4) is 0 Å². The second-order valence-corrected chi connectivity index (χ2v) is 4.38. The molecule has 0 aliphatic heterocycles. The van der Waals surface area contributed by atoms with Crippen LogP contribution in [-0.2, 0) is 9.59 Å². The third-order valence-electron chi connectivity index (χ3n) is 2.37. The molecule has 1 heterocycles. The Hall–Kier alpha value is -2.73. The second-order valence-electron chi connectivity index (χ2n) is 3.95. The van der Waals surface area contributed by atoms with E-state index in [0.717, 1.165) is 0 Å². The average molecular weight is 303 g/mol. The molecular weight excluding hydrogens is 292 g/mol. The van der Waals surface area contributed by atoms with Crippen molar-refractivity contribution < 1.29 is 9.59 Å². The fraction of sp³-hybridized carbons (Fsp3) is 0. The third kappa shape index (κ3) is 4.70. The monoisotopic (exact) mass is 302 g/mol. The van der Waals surface area contributed by atoms with Gasteiger partial charge in [0.2, 0.25) is 0 Å². The summed E-state index contributed by atoms with van der Waals surface area (Å²) in [7, 11) is 0. The summed E-state index contributed by atoms with van der Waals surface area (Å²) < 4.78 is 0. The van der Waals surface area contributed by atoms with Crippen molar-refractivity contribution in [2.45, 2.75) is 0 Å². The zero-order chi connectivity index (χ0) is 15.1. The summed E-state index contributed by atoms with van der Waals surface area (Å²) in [6.07, 6.45) is 4.58. The van der Waals surface area contributed by atoms with Gasteiger partial charge in [-0.05, 0) is 30.3 Å². The van der Waals surface area contributed by atoms with Crippen LogP contribution in [0.5, 0.6) is 0 Å². The molecule has 1 aromatic carbocycles. The number of benzene rings is 1. The summed E-state index contributed by atoms with van der Waals surface area (Å²) in [5, 5.41) is 6.63. The van der Waals surface area contributed by atoms with Crippen LogP contribution >= 0.6 is 11.6 Å². The van der Waals surface area contributed by atoms with E-state index in [0.29, 0.717) is 16.3 Å². The molecule has 0 saturated carbocycles. The Morgan fingerprint density at radius 2 is 1.90 bits per heavy atom. The fourth-order valence-electron chi connectivity index (χ4n) is 1.39. The lowest BCUT2D eigenvalue weighted by Crippen LogP contribution is -2.32. The topological polar surface area (TPSA) is 83.5 Å². The molecule has 2 aromatic rings. The Labute approximate surface area is 125 Å². The molecule has 0 fully saturated rings. The molecule has 7 heteroatoms. The van der Waals surface area contributed by atoms with E-state index in [1.165, 1.54) is 6.21 Å². The molecule has 6 nitrogen and oxygen atoms in total. The molecule has 0 bridgehead atoms. The number of aromatic nitrogens is 1. The van der Waals surface area contributed by atoms with Crippen molar-refractivity contribution >= 4 is 35.3 Å². The van der Waals surface area contributed by atoms with Gasteiger partial charge in [-0.15, -0.1) is 0 Å². The largest absolute Gasteiger partial charge is 0.329 e. The smallest absolute Gasteiger partial charge is 0.318 e. The van der Waals surface area contributed by atoms with Gasteiger partial charge in [0.05, 0.1) is 6.21 Å². The Morgan fingerprint density at radius 3 is 2.57 bits per heavy atom. The second kappa shape index (κ2) is 7.16. The maximum absolute atomic E-state index is 11.6. The van der Waals surface area contributed by atoms with Crippen LogP contribution in [-0.4, -0.2) is 23.0 Å². The number of amides is 2. The summed E-state index contributed by atoms with van der Waals surface area (Å²) in [6, 6.07) is 9.89. The van der Waals surface area contributed by atoms with Crippen molar-refractivity contribution in [2.24, 2.45) is 5.10 Å². The minimum atomic E-state index is -0.870. The highest BCUT2D eigenvalue weighted by atomic mass is 35.5. The summed E-state index contributed by atoms with van der Waals surface area (Å²) in [4.78, 5) is 27.0. The van der Waals surface area contributed by atoms with Crippen LogP contribution in [0.15, 0.2) is 53.9 Å². The minimum absolute atomic E-state index is 0.468. The van der Waals surface area contributed by atoms with Crippen molar-refractivity contribution in [3.05, 3.63) is 59.4 Å². The molecule has 0 unspecified atom stereocenters. The number of nitrogens with zero attached hydrogens (tertiary/aromatic N) is 2. The first-order chi connectivity index (χ1) is 10.1. The summed E-state index contributed by atoms with van der Waals surface area (Å²) in [5.41, 5.74) is 3.30. The molecule has 0 aliphatic carbocycles. The van der Waals surface area contributed by atoms with E-state index < -0.39 is 11.8 Å². The Bertz CT molecular complexity index is 656. The van der Waals surface area contributed by atoms with E-state index >= 15 is 0 Å². The third-order valence-corrected chi connectivity index (χ3v) is 2.62. The number of pyridine rings is 1. The van der Waals surface area contributed by atoms with Gasteiger partial charge in [-0.1, -0.05) is 17.7 Å². The van der Waals surface area contributed by atoms with Gasteiger partial charge < -0.3 is 5.32 Å². The van der Waals surface area contributed by atoms with Crippen LogP contribution in [0.1, 0.15) is 5.56 Å². The average Bonchev–Trinajstić information content (AvgIpc) is 2.50. The molecule has 1 aromatic heterocycles. The number of anilines is 1. The van der Waals surface area contributed by atoms with Crippen LogP contribution in [0.2, 0.25) is 5.02 Å². The zero-order valence-electron chi connectivity index (χ0n) is 10.8. The predicted octanol–water partition coefficient (Wildman–Crippen LogP) is 1.82. The zero-order valence-corrected chi connectivity index (χ0v) is 11.5. The van der Waals surface area contributed by atoms with Gasteiger partial charge in [0.1, 0.15) is 0 Å². The fourth-order valence-corrected chi connectivity index (χ4v) is 1.52. The summed E-state index contributed by atoms with van der Waals surface area (Å²) in [6.45, 7) is 0. The number of hydrazone groups is 1. The predicted molar refractivity (Wildman–Crippen MR) is 80.1 cm³/mol. The highest BCUT2D eigenvalue weighted by Crippen LogP contribution is 2.13. The van der Waals surface area contributed by atoms with Crippen molar-refractivity contribution in [1.82, 2.24) is 10.4 Å². The van der Waals surface area contributed by atoms with Crippen molar-refractivity contribution in [3.63, 3.8) is 0 Å². The standard InChI is InChI=1S/C14H11ClN4O2/c15-11-3-5-12(6-4-11)18-13(20)14(21)19-17-9-10-2-1-7-16-8-10/h1-9H,(H,18,20)(H,19,21)/b17-9+. The number of carbonyl (C=O) groups is 2. The molecule has 21 heavy (non-hydrogen) atoms. The van der Waals surface area contributed by atoms with Gasteiger partial charge in [-0.2, -0.15) is 5.10 Å². The minimum Gasteiger partial charge on any atom is -0.318 e. The van der Waals surface area contributed by atoms with Gasteiger partial charge in [0.15, 0.2) is 0 Å². The first kappa shape index (κ1) is 14.7. The molecule has 2 rings (SSSR count). The van der Waals surface area contributed by atoms with E-state index in [2.05, 4.69) is 20.8 Å².